The number of hydrogen-bond acceptors (Lipinski definition) is 3. The van der Waals surface area contributed by atoms with Crippen LogP contribution < -0.4 is 5.73 Å². The molecule has 2 aromatic rings. The molecule has 0 aliphatic rings. The Hall–Kier alpha value is -2.60. The van der Waals surface area contributed by atoms with Gasteiger partial charge in [0.15, 0.2) is 0 Å². The van der Waals surface area contributed by atoms with E-state index in [-0.39, 0.29) is 5.41 Å². The molecule has 0 saturated heterocycles. The van der Waals surface area contributed by atoms with Crippen molar-refractivity contribution in [3.63, 3.8) is 0 Å². The third-order valence-corrected chi connectivity index (χ3v) is 3.39. The predicted octanol–water partition coefficient (Wildman–Crippen LogP) is 3.73. The second-order valence-electron chi connectivity index (χ2n) is 5.97. The third-order valence-electron chi connectivity index (χ3n) is 3.39. The fourth-order valence-corrected chi connectivity index (χ4v) is 2.09. The van der Waals surface area contributed by atoms with E-state index >= 15 is 0 Å². The van der Waals surface area contributed by atoms with Crippen molar-refractivity contribution >= 4 is 11.3 Å². The summed E-state index contributed by atoms with van der Waals surface area (Å²) >= 11 is 0. The average Bonchev–Trinajstić information content (AvgIpc) is 2.48. The number of benzene rings is 1. The number of nitrogens with zero attached hydrogens (tertiary/aromatic N) is 2. The zero-order valence-electron chi connectivity index (χ0n) is 12.6. The molecular weight excluding hydrogens is 258 g/mol. The van der Waals surface area contributed by atoms with Crippen LogP contribution in [0.15, 0.2) is 48.8 Å². The Bertz CT molecular complexity index is 684. The average molecular weight is 277 g/mol. The Morgan fingerprint density at radius 2 is 1.76 bits per heavy atom. The second kappa shape index (κ2) is 5.80. The Balaban J connectivity index is 2.45. The minimum Gasteiger partial charge on any atom is -0.397 e. The Morgan fingerprint density at radius 3 is 2.24 bits per heavy atom. The lowest BCUT2D eigenvalue weighted by Crippen LogP contribution is -2.11. The summed E-state index contributed by atoms with van der Waals surface area (Å²) in [5.74, 6) is 0. The highest BCUT2D eigenvalue weighted by Gasteiger charge is 2.14. The molecule has 0 bridgehead atoms. The number of pyridine rings is 1. The van der Waals surface area contributed by atoms with Gasteiger partial charge in [0.2, 0.25) is 0 Å². The number of nitrogens with two attached hydrogens (primary N) is 1. The number of hydrogen-bond donors (Lipinski definition) is 1. The standard InChI is InChI=1S/C18H19N3/c1-18(2,3)15-8-6-13(7-9-15)17(20)16(11-19)14-5-4-10-21-12-14/h4-10,12H,20H2,1-3H3/b17-16+. The molecule has 0 saturated carbocycles. The summed E-state index contributed by atoms with van der Waals surface area (Å²) in [6.07, 6.45) is 3.32. The summed E-state index contributed by atoms with van der Waals surface area (Å²) < 4.78 is 0. The van der Waals surface area contributed by atoms with E-state index in [1.807, 2.05) is 18.2 Å². The fraction of sp³-hybridized carbons (Fsp3) is 0.222. The SMILES string of the molecule is CC(C)(C)c1ccc(/C(N)=C(/C#N)c2cccnc2)cc1. The van der Waals surface area contributed by atoms with Gasteiger partial charge in [-0.2, -0.15) is 5.26 Å². The number of rotatable bonds is 2. The van der Waals surface area contributed by atoms with Gasteiger partial charge in [0.05, 0.1) is 11.3 Å². The monoisotopic (exact) mass is 277 g/mol. The molecule has 0 radical (unpaired) electrons. The molecule has 0 amide bonds. The fourth-order valence-electron chi connectivity index (χ4n) is 2.09. The van der Waals surface area contributed by atoms with Crippen molar-refractivity contribution in [3.8, 4) is 6.07 Å². The van der Waals surface area contributed by atoms with Crippen LogP contribution in [0.25, 0.3) is 11.3 Å². The van der Waals surface area contributed by atoms with Gasteiger partial charge in [-0.15, -0.1) is 0 Å². The summed E-state index contributed by atoms with van der Waals surface area (Å²) in [6.45, 7) is 6.49. The van der Waals surface area contributed by atoms with Crippen molar-refractivity contribution in [3.05, 3.63) is 65.5 Å². The molecule has 21 heavy (non-hydrogen) atoms. The van der Waals surface area contributed by atoms with Crippen LogP contribution >= 0.6 is 0 Å². The minimum absolute atomic E-state index is 0.0956. The highest BCUT2D eigenvalue weighted by atomic mass is 14.6. The van der Waals surface area contributed by atoms with E-state index < -0.39 is 0 Å². The number of allylic oxidation sites excluding steroid dienone is 1. The summed E-state index contributed by atoms with van der Waals surface area (Å²) in [5, 5.41) is 9.38. The molecule has 0 spiro atoms. The zero-order valence-corrected chi connectivity index (χ0v) is 12.6. The van der Waals surface area contributed by atoms with E-state index in [0.29, 0.717) is 11.3 Å². The number of nitriles is 1. The first-order valence-electron chi connectivity index (χ1n) is 6.84. The van der Waals surface area contributed by atoms with Gasteiger partial charge in [-0.3, -0.25) is 4.98 Å². The molecule has 0 fully saturated rings. The summed E-state index contributed by atoms with van der Waals surface area (Å²) in [7, 11) is 0. The van der Waals surface area contributed by atoms with E-state index in [1.165, 1.54) is 5.56 Å². The van der Waals surface area contributed by atoms with Crippen LogP contribution in [-0.4, -0.2) is 4.98 Å². The normalized spacial score (nSPS) is 12.5. The van der Waals surface area contributed by atoms with Gasteiger partial charge < -0.3 is 5.73 Å². The first-order chi connectivity index (χ1) is 9.93. The van der Waals surface area contributed by atoms with E-state index in [0.717, 1.165) is 11.1 Å². The molecule has 2 N–H and O–H groups in total. The highest BCUT2D eigenvalue weighted by Crippen LogP contribution is 2.26. The van der Waals surface area contributed by atoms with Gasteiger partial charge >= 0.3 is 0 Å². The van der Waals surface area contributed by atoms with Crippen molar-refractivity contribution in [2.75, 3.05) is 0 Å². The maximum absolute atomic E-state index is 9.38. The molecule has 1 aromatic carbocycles. The zero-order chi connectivity index (χ0) is 15.5. The minimum atomic E-state index is 0.0956. The maximum Gasteiger partial charge on any atom is 0.102 e. The van der Waals surface area contributed by atoms with Crippen LogP contribution in [0.5, 0.6) is 0 Å². The van der Waals surface area contributed by atoms with Gasteiger partial charge in [0.25, 0.3) is 0 Å². The van der Waals surface area contributed by atoms with Crippen molar-refractivity contribution in [1.29, 1.82) is 5.26 Å². The molecule has 1 heterocycles. The van der Waals surface area contributed by atoms with Gasteiger partial charge in [0, 0.05) is 18.0 Å². The molecule has 0 aliphatic heterocycles. The van der Waals surface area contributed by atoms with E-state index in [1.54, 1.807) is 18.5 Å². The van der Waals surface area contributed by atoms with Crippen LogP contribution in [0.4, 0.5) is 0 Å². The van der Waals surface area contributed by atoms with E-state index in [9.17, 15) is 5.26 Å². The summed E-state index contributed by atoms with van der Waals surface area (Å²) in [5.41, 5.74) is 10.0. The summed E-state index contributed by atoms with van der Waals surface area (Å²) in [4.78, 5) is 4.04. The molecule has 2 rings (SSSR count). The van der Waals surface area contributed by atoms with Crippen LogP contribution in [0, 0.1) is 11.3 Å². The van der Waals surface area contributed by atoms with Gasteiger partial charge in [-0.05, 0) is 22.6 Å². The van der Waals surface area contributed by atoms with Crippen LogP contribution in [0.2, 0.25) is 0 Å². The smallest absolute Gasteiger partial charge is 0.102 e. The molecule has 3 nitrogen and oxygen atoms in total. The highest BCUT2D eigenvalue weighted by molar-refractivity contribution is 5.95. The van der Waals surface area contributed by atoms with Crippen molar-refractivity contribution in [2.45, 2.75) is 26.2 Å². The van der Waals surface area contributed by atoms with Gasteiger partial charge in [-0.25, -0.2) is 0 Å². The molecule has 106 valence electrons. The lowest BCUT2D eigenvalue weighted by molar-refractivity contribution is 0.590. The largest absolute Gasteiger partial charge is 0.397 e. The molecule has 1 aromatic heterocycles. The first kappa shape index (κ1) is 14.8. The third kappa shape index (κ3) is 3.29. The van der Waals surface area contributed by atoms with Crippen molar-refractivity contribution in [1.82, 2.24) is 4.98 Å². The Kier molecular flexibility index (Phi) is 4.09. The first-order valence-corrected chi connectivity index (χ1v) is 6.84. The topological polar surface area (TPSA) is 62.7 Å². The van der Waals surface area contributed by atoms with Crippen LogP contribution in [-0.2, 0) is 5.41 Å². The maximum atomic E-state index is 9.38. The van der Waals surface area contributed by atoms with E-state index in [2.05, 4.69) is 44.0 Å². The number of aromatic nitrogens is 1. The molecule has 0 atom stereocenters. The second-order valence-corrected chi connectivity index (χ2v) is 5.97. The summed E-state index contributed by atoms with van der Waals surface area (Å²) in [6, 6.07) is 13.8. The van der Waals surface area contributed by atoms with Crippen molar-refractivity contribution < 1.29 is 0 Å². The van der Waals surface area contributed by atoms with Gasteiger partial charge in [-0.1, -0.05) is 51.1 Å². The lowest BCUT2D eigenvalue weighted by Gasteiger charge is -2.19. The molecule has 3 heteroatoms. The Labute approximate surface area is 125 Å². The predicted molar refractivity (Wildman–Crippen MR) is 86.0 cm³/mol. The molecule has 0 unspecified atom stereocenters. The van der Waals surface area contributed by atoms with Crippen LogP contribution in [0.3, 0.4) is 0 Å². The lowest BCUT2D eigenvalue weighted by atomic mass is 9.86. The van der Waals surface area contributed by atoms with Crippen LogP contribution in [0.1, 0.15) is 37.5 Å². The molecule has 0 aliphatic carbocycles. The van der Waals surface area contributed by atoms with Crippen molar-refractivity contribution in [2.24, 2.45) is 5.73 Å². The van der Waals surface area contributed by atoms with E-state index in [4.69, 9.17) is 5.73 Å². The van der Waals surface area contributed by atoms with Gasteiger partial charge in [0.1, 0.15) is 6.07 Å². The molecular formula is C18H19N3. The Morgan fingerprint density at radius 1 is 1.10 bits per heavy atom. The quantitative estimate of drug-likeness (QED) is 0.851.